The second kappa shape index (κ2) is 12.9. The lowest BCUT2D eigenvalue weighted by Crippen LogP contribution is -2.21. The maximum atomic E-state index is 11.5. The Balaban J connectivity index is 2.34. The SMILES string of the molecule is C=C(C)C(=O)OCCC[SiH](CCCOC(=O)C(=C)C)CC1CCCCC1. The van der Waals surface area contributed by atoms with Gasteiger partial charge in [-0.25, -0.2) is 9.59 Å². The summed E-state index contributed by atoms with van der Waals surface area (Å²) in [6, 6.07) is 3.76. The number of hydrogen-bond donors (Lipinski definition) is 0. The lowest BCUT2D eigenvalue weighted by molar-refractivity contribution is -0.139. The highest BCUT2D eigenvalue weighted by Crippen LogP contribution is 2.30. The molecule has 0 unspecified atom stereocenters. The smallest absolute Gasteiger partial charge is 0.333 e. The van der Waals surface area contributed by atoms with Gasteiger partial charge in [0, 0.05) is 19.9 Å². The molecule has 1 aliphatic rings. The van der Waals surface area contributed by atoms with E-state index in [0.29, 0.717) is 24.4 Å². The summed E-state index contributed by atoms with van der Waals surface area (Å²) in [5, 5.41) is 0. The van der Waals surface area contributed by atoms with Crippen LogP contribution in [0.1, 0.15) is 58.8 Å². The lowest BCUT2D eigenvalue weighted by Gasteiger charge is -2.26. The second-order valence-electron chi connectivity index (χ2n) is 7.72. The highest BCUT2D eigenvalue weighted by Gasteiger charge is 2.20. The molecule has 1 aliphatic carbocycles. The van der Waals surface area contributed by atoms with E-state index < -0.39 is 8.80 Å². The van der Waals surface area contributed by atoms with Gasteiger partial charge in [0.15, 0.2) is 0 Å². The Bertz CT molecular complexity index is 446. The molecule has 0 bridgehead atoms. The van der Waals surface area contributed by atoms with Crippen molar-refractivity contribution in [2.75, 3.05) is 13.2 Å². The van der Waals surface area contributed by atoms with Crippen LogP contribution in [0.4, 0.5) is 0 Å². The van der Waals surface area contributed by atoms with Crippen molar-refractivity contribution < 1.29 is 19.1 Å². The van der Waals surface area contributed by atoms with Crippen LogP contribution < -0.4 is 0 Å². The molecule has 0 radical (unpaired) electrons. The number of carbonyl (C=O) groups is 2. The van der Waals surface area contributed by atoms with Gasteiger partial charge in [-0.15, -0.1) is 0 Å². The molecular weight excluding hydrogens is 344 g/mol. The number of ether oxygens (including phenoxy) is 2. The minimum absolute atomic E-state index is 0.290. The fourth-order valence-electron chi connectivity index (χ4n) is 3.59. The van der Waals surface area contributed by atoms with Crippen molar-refractivity contribution in [1.29, 1.82) is 0 Å². The standard InChI is InChI=1S/C21H36O4Si/c1-17(2)20(22)24-12-8-14-26(16-19-10-6-5-7-11-19)15-9-13-25-21(23)18(3)4/h19,26H,1,3,5-16H2,2,4H3. The Morgan fingerprint density at radius 2 is 1.35 bits per heavy atom. The third-order valence-corrected chi connectivity index (χ3v) is 8.85. The van der Waals surface area contributed by atoms with Crippen LogP contribution in [0.15, 0.2) is 24.3 Å². The van der Waals surface area contributed by atoms with Crippen LogP contribution in [0.5, 0.6) is 0 Å². The van der Waals surface area contributed by atoms with Gasteiger partial charge in [-0.05, 0) is 32.6 Å². The van der Waals surface area contributed by atoms with Crippen molar-refractivity contribution in [3.05, 3.63) is 24.3 Å². The molecule has 4 nitrogen and oxygen atoms in total. The molecule has 148 valence electrons. The van der Waals surface area contributed by atoms with Crippen molar-refractivity contribution in [3.63, 3.8) is 0 Å². The Kier molecular flexibility index (Phi) is 11.3. The number of rotatable bonds is 12. The van der Waals surface area contributed by atoms with Crippen LogP contribution in [-0.2, 0) is 19.1 Å². The average molecular weight is 381 g/mol. The lowest BCUT2D eigenvalue weighted by atomic mass is 9.91. The largest absolute Gasteiger partial charge is 0.462 e. The molecule has 0 aromatic carbocycles. The molecule has 1 fully saturated rings. The summed E-state index contributed by atoms with van der Waals surface area (Å²) < 4.78 is 10.5. The van der Waals surface area contributed by atoms with E-state index in [1.807, 2.05) is 0 Å². The van der Waals surface area contributed by atoms with Gasteiger partial charge >= 0.3 is 11.9 Å². The second-order valence-corrected chi connectivity index (χ2v) is 11.1. The molecule has 1 saturated carbocycles. The molecule has 0 saturated heterocycles. The normalized spacial score (nSPS) is 14.9. The summed E-state index contributed by atoms with van der Waals surface area (Å²) in [5.41, 5.74) is 0.917. The van der Waals surface area contributed by atoms with E-state index in [4.69, 9.17) is 9.47 Å². The molecule has 26 heavy (non-hydrogen) atoms. The first-order valence-corrected chi connectivity index (χ1v) is 12.5. The molecule has 0 atom stereocenters. The van der Waals surface area contributed by atoms with Crippen LogP contribution in [-0.4, -0.2) is 33.9 Å². The summed E-state index contributed by atoms with van der Waals surface area (Å²) in [6.07, 6.45) is 8.76. The zero-order valence-corrected chi connectivity index (χ0v) is 17.8. The van der Waals surface area contributed by atoms with Crippen LogP contribution >= 0.6 is 0 Å². The van der Waals surface area contributed by atoms with Crippen molar-refractivity contribution in [1.82, 2.24) is 0 Å². The molecule has 5 heteroatoms. The Morgan fingerprint density at radius 1 is 0.885 bits per heavy atom. The minimum Gasteiger partial charge on any atom is -0.462 e. The Morgan fingerprint density at radius 3 is 1.77 bits per heavy atom. The average Bonchev–Trinajstić information content (AvgIpc) is 2.62. The van der Waals surface area contributed by atoms with Gasteiger partial charge in [-0.3, -0.25) is 0 Å². The van der Waals surface area contributed by atoms with Crippen LogP contribution in [0.3, 0.4) is 0 Å². The highest BCUT2D eigenvalue weighted by molar-refractivity contribution is 6.58. The predicted molar refractivity (Wildman–Crippen MR) is 109 cm³/mol. The third-order valence-electron chi connectivity index (χ3n) is 5.07. The molecule has 0 spiro atoms. The Hall–Kier alpha value is -1.36. The van der Waals surface area contributed by atoms with E-state index in [1.165, 1.54) is 50.2 Å². The van der Waals surface area contributed by atoms with Crippen molar-refractivity contribution in [2.45, 2.75) is 76.9 Å². The molecule has 0 aromatic heterocycles. The molecule has 1 rings (SSSR count). The molecule has 0 N–H and O–H groups in total. The fraction of sp³-hybridized carbons (Fsp3) is 0.714. The summed E-state index contributed by atoms with van der Waals surface area (Å²) in [5.74, 6) is 0.306. The first-order chi connectivity index (χ1) is 12.4. The zero-order chi connectivity index (χ0) is 19.4. The van der Waals surface area contributed by atoms with E-state index in [1.54, 1.807) is 13.8 Å². The quantitative estimate of drug-likeness (QED) is 0.211. The topological polar surface area (TPSA) is 52.6 Å². The predicted octanol–water partition coefficient (Wildman–Crippen LogP) is 4.81. The van der Waals surface area contributed by atoms with Crippen molar-refractivity contribution >= 4 is 20.7 Å². The summed E-state index contributed by atoms with van der Waals surface area (Å²) in [4.78, 5) is 22.9. The van der Waals surface area contributed by atoms with Crippen molar-refractivity contribution in [2.24, 2.45) is 5.92 Å². The molecular formula is C21H36O4Si. The van der Waals surface area contributed by atoms with Crippen molar-refractivity contribution in [3.8, 4) is 0 Å². The maximum Gasteiger partial charge on any atom is 0.333 e. The summed E-state index contributed by atoms with van der Waals surface area (Å²) in [6.45, 7) is 11.6. The van der Waals surface area contributed by atoms with Gasteiger partial charge in [-0.1, -0.05) is 63.4 Å². The molecule has 0 amide bonds. The Labute approximate surface area is 160 Å². The first-order valence-electron chi connectivity index (χ1n) is 10.1. The van der Waals surface area contributed by atoms with Gasteiger partial charge in [0.1, 0.15) is 0 Å². The summed E-state index contributed by atoms with van der Waals surface area (Å²) in [7, 11) is -0.910. The van der Waals surface area contributed by atoms with E-state index in [-0.39, 0.29) is 11.9 Å². The number of esters is 2. The van der Waals surface area contributed by atoms with Gasteiger partial charge < -0.3 is 9.47 Å². The van der Waals surface area contributed by atoms with Crippen LogP contribution in [0, 0.1) is 5.92 Å². The number of hydrogen-bond acceptors (Lipinski definition) is 4. The molecule has 0 heterocycles. The number of carbonyl (C=O) groups excluding carboxylic acids is 2. The summed E-state index contributed by atoms with van der Waals surface area (Å²) >= 11 is 0. The van der Waals surface area contributed by atoms with E-state index in [0.717, 1.165) is 18.8 Å². The van der Waals surface area contributed by atoms with E-state index in [9.17, 15) is 9.59 Å². The van der Waals surface area contributed by atoms with Crippen LogP contribution in [0.25, 0.3) is 0 Å². The van der Waals surface area contributed by atoms with Gasteiger partial charge in [0.25, 0.3) is 0 Å². The highest BCUT2D eigenvalue weighted by atomic mass is 28.3. The van der Waals surface area contributed by atoms with E-state index >= 15 is 0 Å². The zero-order valence-electron chi connectivity index (χ0n) is 16.7. The molecule has 0 aliphatic heterocycles. The van der Waals surface area contributed by atoms with Gasteiger partial charge in [0.05, 0.1) is 13.2 Å². The van der Waals surface area contributed by atoms with Gasteiger partial charge in [0.2, 0.25) is 0 Å². The van der Waals surface area contributed by atoms with Gasteiger partial charge in [-0.2, -0.15) is 0 Å². The minimum atomic E-state index is -0.910. The molecule has 0 aromatic rings. The van der Waals surface area contributed by atoms with Crippen LogP contribution in [0.2, 0.25) is 18.1 Å². The third kappa shape index (κ3) is 9.95. The van der Waals surface area contributed by atoms with E-state index in [2.05, 4.69) is 13.2 Å². The monoisotopic (exact) mass is 380 g/mol. The first kappa shape index (κ1) is 22.7. The maximum absolute atomic E-state index is 11.5. The fourth-order valence-corrected chi connectivity index (χ4v) is 7.26.